The molecule has 238 valence electrons. The average molecular weight is 629 g/mol. The van der Waals surface area contributed by atoms with E-state index in [9.17, 15) is 16.8 Å². The maximum atomic E-state index is 13.1. The molecule has 6 nitrogen and oxygen atoms in total. The highest BCUT2D eigenvalue weighted by molar-refractivity contribution is 7.96. The Kier molecular flexibility index (Phi) is 16.2. The van der Waals surface area contributed by atoms with E-state index in [1.54, 1.807) is 19.9 Å². The zero-order valence-electron chi connectivity index (χ0n) is 26.7. The van der Waals surface area contributed by atoms with Gasteiger partial charge < -0.3 is 0 Å². The highest BCUT2D eigenvalue weighted by atomic mass is 32.2. The van der Waals surface area contributed by atoms with Gasteiger partial charge in [0.05, 0.1) is 15.1 Å². The van der Waals surface area contributed by atoms with Crippen molar-refractivity contribution in [1.29, 1.82) is 0 Å². The Morgan fingerprint density at radius 1 is 0.814 bits per heavy atom. The van der Waals surface area contributed by atoms with E-state index in [0.29, 0.717) is 24.8 Å². The van der Waals surface area contributed by atoms with Crippen LogP contribution >= 0.6 is 0 Å². The average Bonchev–Trinajstić information content (AvgIpc) is 3.34. The van der Waals surface area contributed by atoms with Crippen molar-refractivity contribution in [3.05, 3.63) is 94.4 Å². The van der Waals surface area contributed by atoms with Crippen molar-refractivity contribution in [2.45, 2.75) is 96.8 Å². The van der Waals surface area contributed by atoms with Crippen molar-refractivity contribution < 1.29 is 16.8 Å². The van der Waals surface area contributed by atoms with Crippen LogP contribution in [-0.4, -0.2) is 52.8 Å². The van der Waals surface area contributed by atoms with E-state index in [1.165, 1.54) is 6.21 Å². The third kappa shape index (κ3) is 11.5. The van der Waals surface area contributed by atoms with Gasteiger partial charge in [-0.05, 0) is 90.0 Å². The number of allylic oxidation sites excluding steroid dienone is 14. The van der Waals surface area contributed by atoms with Gasteiger partial charge in [-0.2, -0.15) is 12.8 Å². The molecule has 8 heteroatoms. The second-order valence-electron chi connectivity index (χ2n) is 11.0. The normalized spacial score (nSPS) is 23.2. The van der Waals surface area contributed by atoms with E-state index in [1.807, 2.05) is 20.0 Å². The molecule has 2 rings (SSSR count). The van der Waals surface area contributed by atoms with E-state index in [2.05, 4.69) is 83.1 Å². The summed E-state index contributed by atoms with van der Waals surface area (Å²) in [5.74, 6) is -0.721. The fraction of sp³-hybridized carbons (Fsp3) is 0.514. The monoisotopic (exact) mass is 628 g/mol. The highest BCUT2D eigenvalue weighted by Gasteiger charge is 2.47. The standard InChI is InChI=1S/C35H52N2O4S2/c1-6-8-9-10-11-12-13-14-15-16-17-18-19-20-21-22-23-24-25-26-27-36-43(40,41)34-29-32-33(37(5)7-2)28-30(3)42(38,39)35(32)31(34)4/h8-9,11-12,14-15,17-18,20-21,23-24,27,29-31,33H,6-7,10,13,16,19,22,25-26,28H2,1-5H3/b9-8-,12-11-,15-14-,18-17-,21-20-,24-23-,36-27?/t30-,31-,33-/m0/s1. The molecular weight excluding hydrogens is 577 g/mol. The molecule has 1 aliphatic heterocycles. The van der Waals surface area contributed by atoms with Gasteiger partial charge in [0.25, 0.3) is 10.0 Å². The summed E-state index contributed by atoms with van der Waals surface area (Å²) >= 11 is 0. The van der Waals surface area contributed by atoms with Crippen LogP contribution in [0.3, 0.4) is 0 Å². The number of hydrogen-bond acceptors (Lipinski definition) is 5. The molecule has 0 aromatic heterocycles. The minimum Gasteiger partial charge on any atom is -0.300 e. The molecule has 0 N–H and O–H groups in total. The molecule has 0 amide bonds. The van der Waals surface area contributed by atoms with Gasteiger partial charge in [-0.1, -0.05) is 93.7 Å². The van der Waals surface area contributed by atoms with E-state index in [4.69, 9.17) is 0 Å². The van der Waals surface area contributed by atoms with Gasteiger partial charge in [0.15, 0.2) is 9.84 Å². The summed E-state index contributed by atoms with van der Waals surface area (Å²) < 4.78 is 56.3. The second kappa shape index (κ2) is 19.0. The van der Waals surface area contributed by atoms with Gasteiger partial charge in [-0.3, -0.25) is 4.90 Å². The fourth-order valence-corrected chi connectivity index (χ4v) is 8.49. The van der Waals surface area contributed by atoms with Gasteiger partial charge in [0.2, 0.25) is 0 Å². The molecule has 0 spiro atoms. The molecule has 1 heterocycles. The number of nitrogens with zero attached hydrogens (tertiary/aromatic N) is 2. The Labute approximate surface area is 262 Å². The van der Waals surface area contributed by atoms with Crippen LogP contribution in [0.25, 0.3) is 0 Å². The topological polar surface area (TPSA) is 83.9 Å². The largest absolute Gasteiger partial charge is 0.300 e. The third-order valence-corrected chi connectivity index (χ3v) is 11.7. The smallest absolute Gasteiger partial charge is 0.278 e. The first-order valence-corrected chi connectivity index (χ1v) is 18.6. The number of likely N-dealkylation sites (N-methyl/N-ethyl adjacent to an activating group) is 1. The lowest BCUT2D eigenvalue weighted by atomic mass is 10.0. The van der Waals surface area contributed by atoms with Crippen molar-refractivity contribution >= 4 is 26.1 Å². The van der Waals surface area contributed by atoms with E-state index < -0.39 is 31.0 Å². The number of sulfonamides is 1. The molecule has 0 fully saturated rings. The van der Waals surface area contributed by atoms with E-state index in [0.717, 1.165) is 45.1 Å². The Morgan fingerprint density at radius 3 is 1.79 bits per heavy atom. The van der Waals surface area contributed by atoms with Crippen molar-refractivity contribution in [2.24, 2.45) is 10.3 Å². The molecule has 0 bridgehead atoms. The molecule has 0 radical (unpaired) electrons. The molecule has 1 aliphatic carbocycles. The first-order chi connectivity index (χ1) is 20.6. The number of hydrogen-bond donors (Lipinski definition) is 0. The lowest BCUT2D eigenvalue weighted by Crippen LogP contribution is -2.42. The molecule has 0 aromatic rings. The summed E-state index contributed by atoms with van der Waals surface area (Å²) in [6, 6.07) is -0.120. The zero-order chi connectivity index (χ0) is 31.7. The van der Waals surface area contributed by atoms with Crippen molar-refractivity contribution in [2.75, 3.05) is 13.6 Å². The Balaban J connectivity index is 1.73. The van der Waals surface area contributed by atoms with Crippen molar-refractivity contribution in [3.8, 4) is 0 Å². The van der Waals surface area contributed by atoms with Crippen LogP contribution in [0, 0.1) is 5.92 Å². The Bertz CT molecular complexity index is 1370. The van der Waals surface area contributed by atoms with Gasteiger partial charge in [-0.25, -0.2) is 8.42 Å². The van der Waals surface area contributed by atoms with Gasteiger partial charge in [-0.15, -0.1) is 0 Å². The molecule has 2 aliphatic rings. The molecule has 0 unspecified atom stereocenters. The molecule has 0 saturated heterocycles. The lowest BCUT2D eigenvalue weighted by Gasteiger charge is -2.35. The first-order valence-electron chi connectivity index (χ1n) is 15.7. The fourth-order valence-electron chi connectivity index (χ4n) is 5.14. The van der Waals surface area contributed by atoms with Crippen molar-refractivity contribution in [3.63, 3.8) is 0 Å². The third-order valence-electron chi connectivity index (χ3n) is 7.75. The van der Waals surface area contributed by atoms with Crippen LogP contribution in [-0.2, 0) is 19.9 Å². The zero-order valence-corrected chi connectivity index (χ0v) is 28.4. The maximum Gasteiger partial charge on any atom is 0.278 e. The molecule has 0 saturated carbocycles. The molecular formula is C35H52N2O4S2. The van der Waals surface area contributed by atoms with Crippen LogP contribution in [0.5, 0.6) is 0 Å². The summed E-state index contributed by atoms with van der Waals surface area (Å²) in [5.41, 5.74) is 0.613. The first kappa shape index (κ1) is 36.6. The van der Waals surface area contributed by atoms with Gasteiger partial charge in [0.1, 0.15) is 0 Å². The molecule has 0 aromatic carbocycles. The summed E-state index contributed by atoms with van der Waals surface area (Å²) in [5, 5.41) is -0.548. The summed E-state index contributed by atoms with van der Waals surface area (Å²) in [6.07, 6.45) is 36.2. The minimum absolute atomic E-state index is 0.0786. The maximum absolute atomic E-state index is 13.1. The van der Waals surface area contributed by atoms with Crippen LogP contribution in [0.2, 0.25) is 0 Å². The molecule has 3 atom stereocenters. The van der Waals surface area contributed by atoms with Gasteiger partial charge >= 0.3 is 0 Å². The van der Waals surface area contributed by atoms with Crippen molar-refractivity contribution in [1.82, 2.24) is 4.90 Å². The highest BCUT2D eigenvalue weighted by Crippen LogP contribution is 2.46. The van der Waals surface area contributed by atoms with Crippen LogP contribution < -0.4 is 0 Å². The van der Waals surface area contributed by atoms with Crippen LogP contribution in [0.1, 0.15) is 85.5 Å². The summed E-state index contributed by atoms with van der Waals surface area (Å²) in [7, 11) is -5.57. The minimum atomic E-state index is -3.96. The van der Waals surface area contributed by atoms with E-state index in [-0.39, 0.29) is 15.9 Å². The Hall–Kier alpha value is -2.55. The number of unbranched alkanes of at least 4 members (excludes halogenated alkanes) is 1. The summed E-state index contributed by atoms with van der Waals surface area (Å²) in [4.78, 5) is 2.41. The summed E-state index contributed by atoms with van der Waals surface area (Å²) in [6.45, 7) is 8.27. The Morgan fingerprint density at radius 2 is 1.30 bits per heavy atom. The predicted octanol–water partition coefficient (Wildman–Crippen LogP) is 8.18. The van der Waals surface area contributed by atoms with Crippen LogP contribution in [0.15, 0.2) is 98.8 Å². The lowest BCUT2D eigenvalue weighted by molar-refractivity contribution is 0.272. The second-order valence-corrected chi connectivity index (χ2v) is 15.0. The molecule has 43 heavy (non-hydrogen) atoms. The number of sulfone groups is 1. The van der Waals surface area contributed by atoms with E-state index >= 15 is 0 Å². The SMILES string of the molecule is CC/C=C\C/C=C\C/C=C\C/C=C\C/C=C\C/C=C\CCC=NS(=O)(=O)C1=CC2=C([C@H]1C)S(=O)(=O)[C@@H](C)C[C@@H]2N(C)CC. The number of rotatable bonds is 18. The quantitative estimate of drug-likeness (QED) is 0.0868. The van der Waals surface area contributed by atoms with Gasteiger partial charge in [0, 0.05) is 18.2 Å². The van der Waals surface area contributed by atoms with Crippen LogP contribution in [0.4, 0.5) is 0 Å². The predicted molar refractivity (Wildman–Crippen MR) is 184 cm³/mol.